The summed E-state index contributed by atoms with van der Waals surface area (Å²) in [7, 11) is 0. The van der Waals surface area contributed by atoms with Gasteiger partial charge in [0.2, 0.25) is 0 Å². The van der Waals surface area contributed by atoms with Gasteiger partial charge in [-0.2, -0.15) is 5.10 Å². The maximum atomic E-state index is 6.04. The van der Waals surface area contributed by atoms with E-state index in [1.807, 2.05) is 24.3 Å². The number of rotatable bonds is 1. The summed E-state index contributed by atoms with van der Waals surface area (Å²) in [5, 5.41) is 8.78. The molecule has 0 saturated heterocycles. The van der Waals surface area contributed by atoms with Crippen LogP contribution in [0.15, 0.2) is 42.5 Å². The molecule has 5 heteroatoms. The monoisotopic (exact) mass is 289 g/mol. The zero-order valence-corrected chi connectivity index (χ0v) is 12.1. The van der Waals surface area contributed by atoms with E-state index < -0.39 is 0 Å². The second-order valence-corrected chi connectivity index (χ2v) is 5.37. The van der Waals surface area contributed by atoms with Crippen LogP contribution < -0.4 is 11.5 Å². The minimum atomic E-state index is 0.376. The minimum absolute atomic E-state index is 0.376. The van der Waals surface area contributed by atoms with Crippen LogP contribution in [0, 0.1) is 6.92 Å². The van der Waals surface area contributed by atoms with Crippen LogP contribution in [0.5, 0.6) is 0 Å². The van der Waals surface area contributed by atoms with Crippen LogP contribution in [0.2, 0.25) is 0 Å². The van der Waals surface area contributed by atoms with Crippen LogP contribution in [0.25, 0.3) is 32.9 Å². The molecule has 5 nitrogen and oxygen atoms in total. The molecule has 0 fully saturated rings. The van der Waals surface area contributed by atoms with Crippen LogP contribution in [0.1, 0.15) is 5.56 Å². The minimum Gasteiger partial charge on any atom is -0.383 e. The summed E-state index contributed by atoms with van der Waals surface area (Å²) in [4.78, 5) is 4.49. The van der Waals surface area contributed by atoms with Gasteiger partial charge < -0.3 is 11.5 Å². The molecular weight excluding hydrogens is 274 g/mol. The van der Waals surface area contributed by atoms with Crippen molar-refractivity contribution in [1.82, 2.24) is 15.2 Å². The van der Waals surface area contributed by atoms with Crippen molar-refractivity contribution < 1.29 is 0 Å². The SMILES string of the molecule is Cc1ccccc1-c1cccc2nc(N)c3c(N)n[nH]c3c12. The van der Waals surface area contributed by atoms with E-state index in [0.29, 0.717) is 17.0 Å². The summed E-state index contributed by atoms with van der Waals surface area (Å²) in [6, 6.07) is 14.3. The number of hydrogen-bond donors (Lipinski definition) is 3. The lowest BCUT2D eigenvalue weighted by atomic mass is 9.96. The number of benzene rings is 2. The first-order valence-corrected chi connectivity index (χ1v) is 7.04. The molecule has 4 rings (SSSR count). The summed E-state index contributed by atoms with van der Waals surface area (Å²) in [5.41, 5.74) is 17.1. The highest BCUT2D eigenvalue weighted by Crippen LogP contribution is 2.37. The second kappa shape index (κ2) is 4.46. The van der Waals surface area contributed by atoms with E-state index in [9.17, 15) is 0 Å². The van der Waals surface area contributed by atoms with Crippen molar-refractivity contribution in [3.63, 3.8) is 0 Å². The van der Waals surface area contributed by atoms with Crippen LogP contribution in [-0.2, 0) is 0 Å². The number of nitrogen functional groups attached to an aromatic ring is 2. The molecule has 0 bridgehead atoms. The van der Waals surface area contributed by atoms with E-state index in [1.54, 1.807) is 0 Å². The summed E-state index contributed by atoms with van der Waals surface area (Å²) < 4.78 is 0. The average Bonchev–Trinajstić information content (AvgIpc) is 2.90. The normalized spacial score (nSPS) is 11.3. The van der Waals surface area contributed by atoms with Crippen molar-refractivity contribution in [2.45, 2.75) is 6.92 Å². The summed E-state index contributed by atoms with van der Waals surface area (Å²) in [6.45, 7) is 2.09. The third-order valence-corrected chi connectivity index (χ3v) is 4.02. The van der Waals surface area contributed by atoms with Gasteiger partial charge >= 0.3 is 0 Å². The third kappa shape index (κ3) is 1.65. The fraction of sp³-hybridized carbons (Fsp3) is 0.0588. The molecular formula is C17H15N5. The van der Waals surface area contributed by atoms with Gasteiger partial charge in [-0.15, -0.1) is 0 Å². The number of nitrogens with one attached hydrogen (secondary N) is 1. The zero-order chi connectivity index (χ0) is 15.3. The molecule has 0 amide bonds. The number of fused-ring (bicyclic) bond motifs is 3. The van der Waals surface area contributed by atoms with Gasteiger partial charge in [-0.3, -0.25) is 5.10 Å². The molecule has 5 N–H and O–H groups in total. The van der Waals surface area contributed by atoms with E-state index in [-0.39, 0.29) is 0 Å². The van der Waals surface area contributed by atoms with Crippen LogP contribution in [0.3, 0.4) is 0 Å². The van der Waals surface area contributed by atoms with Crippen molar-refractivity contribution in [3.05, 3.63) is 48.0 Å². The molecule has 0 aliphatic heterocycles. The Morgan fingerprint density at radius 3 is 2.45 bits per heavy atom. The van der Waals surface area contributed by atoms with Crippen LogP contribution in [-0.4, -0.2) is 15.2 Å². The number of pyridine rings is 1. The molecule has 2 aromatic carbocycles. The first kappa shape index (κ1) is 12.6. The Morgan fingerprint density at radius 1 is 0.864 bits per heavy atom. The topological polar surface area (TPSA) is 93.6 Å². The van der Waals surface area contributed by atoms with Gasteiger partial charge in [0.1, 0.15) is 5.82 Å². The molecule has 22 heavy (non-hydrogen) atoms. The zero-order valence-electron chi connectivity index (χ0n) is 12.1. The molecule has 0 unspecified atom stereocenters. The smallest absolute Gasteiger partial charge is 0.156 e. The number of H-pyrrole nitrogens is 1. The molecule has 0 aliphatic rings. The Bertz CT molecular complexity index is 1020. The number of anilines is 2. The first-order chi connectivity index (χ1) is 10.7. The van der Waals surface area contributed by atoms with E-state index in [0.717, 1.165) is 27.5 Å². The Hall–Kier alpha value is -3.08. The van der Waals surface area contributed by atoms with E-state index in [2.05, 4.69) is 40.3 Å². The number of nitrogens with two attached hydrogens (primary N) is 2. The molecule has 0 radical (unpaired) electrons. The van der Waals surface area contributed by atoms with Crippen molar-refractivity contribution in [2.75, 3.05) is 11.5 Å². The van der Waals surface area contributed by atoms with Gasteiger partial charge in [0, 0.05) is 5.39 Å². The highest BCUT2D eigenvalue weighted by molar-refractivity contribution is 6.16. The van der Waals surface area contributed by atoms with E-state index >= 15 is 0 Å². The molecule has 2 heterocycles. The van der Waals surface area contributed by atoms with Crippen LogP contribution in [0.4, 0.5) is 11.6 Å². The maximum Gasteiger partial charge on any atom is 0.156 e. The molecule has 0 spiro atoms. The lowest BCUT2D eigenvalue weighted by Crippen LogP contribution is -1.96. The standard InChI is InChI=1S/C17H15N5/c1-9-5-2-3-6-10(9)11-7-4-8-12-13(11)15-14(16(18)20-12)17(19)22-21-15/h2-8H,1H3,(H2,18,20)(H3,19,21,22). The average molecular weight is 289 g/mol. The third-order valence-electron chi connectivity index (χ3n) is 4.02. The number of aromatic nitrogens is 3. The fourth-order valence-electron chi connectivity index (χ4n) is 2.98. The van der Waals surface area contributed by atoms with Gasteiger partial charge in [-0.05, 0) is 29.7 Å². The summed E-state index contributed by atoms with van der Waals surface area (Å²) in [5.74, 6) is 0.775. The Morgan fingerprint density at radius 2 is 1.64 bits per heavy atom. The van der Waals surface area contributed by atoms with Crippen molar-refractivity contribution in [3.8, 4) is 11.1 Å². The lowest BCUT2D eigenvalue weighted by molar-refractivity contribution is 1.13. The van der Waals surface area contributed by atoms with Gasteiger partial charge in [0.15, 0.2) is 5.82 Å². The summed E-state index contributed by atoms with van der Waals surface area (Å²) in [6.07, 6.45) is 0. The van der Waals surface area contributed by atoms with Gasteiger partial charge in [0.05, 0.1) is 16.4 Å². The Balaban J connectivity index is 2.21. The highest BCUT2D eigenvalue weighted by atomic mass is 15.2. The quantitative estimate of drug-likeness (QED) is 0.501. The van der Waals surface area contributed by atoms with Crippen molar-refractivity contribution >= 4 is 33.4 Å². The number of nitrogens with zero attached hydrogens (tertiary/aromatic N) is 2. The van der Waals surface area contributed by atoms with E-state index in [4.69, 9.17) is 11.5 Å². The van der Waals surface area contributed by atoms with Crippen molar-refractivity contribution in [2.24, 2.45) is 0 Å². The van der Waals surface area contributed by atoms with Gasteiger partial charge in [-0.1, -0.05) is 36.4 Å². The highest BCUT2D eigenvalue weighted by Gasteiger charge is 2.16. The Labute approximate surface area is 127 Å². The second-order valence-electron chi connectivity index (χ2n) is 5.37. The van der Waals surface area contributed by atoms with Crippen molar-refractivity contribution in [1.29, 1.82) is 0 Å². The molecule has 4 aromatic rings. The predicted octanol–water partition coefficient (Wildman–Crippen LogP) is 3.25. The number of aromatic amines is 1. The van der Waals surface area contributed by atoms with Gasteiger partial charge in [-0.25, -0.2) is 4.98 Å². The Kier molecular flexibility index (Phi) is 2.56. The molecule has 0 atom stereocenters. The number of hydrogen-bond acceptors (Lipinski definition) is 4. The molecule has 0 aliphatic carbocycles. The maximum absolute atomic E-state index is 6.04. The predicted molar refractivity (Wildman–Crippen MR) is 90.4 cm³/mol. The lowest BCUT2D eigenvalue weighted by Gasteiger charge is -2.11. The fourth-order valence-corrected chi connectivity index (χ4v) is 2.98. The molecule has 2 aromatic heterocycles. The molecule has 0 saturated carbocycles. The number of aryl methyl sites for hydroxylation is 1. The van der Waals surface area contributed by atoms with Crippen LogP contribution >= 0.6 is 0 Å². The first-order valence-electron chi connectivity index (χ1n) is 7.04. The van der Waals surface area contributed by atoms with Gasteiger partial charge in [0.25, 0.3) is 0 Å². The molecule has 108 valence electrons. The van der Waals surface area contributed by atoms with E-state index in [1.165, 1.54) is 5.56 Å². The summed E-state index contributed by atoms with van der Waals surface area (Å²) >= 11 is 0. The largest absolute Gasteiger partial charge is 0.383 e.